The fraction of sp³-hybridized carbons (Fsp3) is 0.174. The van der Waals surface area contributed by atoms with Crippen molar-refractivity contribution < 1.29 is 14.2 Å². The molecule has 0 saturated carbocycles. The topological polar surface area (TPSA) is 53.3 Å². The number of hydrogen-bond donors (Lipinski definition) is 1. The van der Waals surface area contributed by atoms with Crippen molar-refractivity contribution in [3.63, 3.8) is 0 Å². The largest absolute Gasteiger partial charge is 0.324 e. The standard InChI is InChI=1S/C23H20ClN3O2/c1-15-11-16(2)13-19(12-15)27-21(28)14-26-10-4-3-5-20(26)22(27)23(29)25-18-8-6-17(24)7-9-18/h3-13,22H,14H2,1-2H3/p+1/t22-/m0/s1. The molecule has 1 N–H and O–H groups in total. The third kappa shape index (κ3) is 3.87. The summed E-state index contributed by atoms with van der Waals surface area (Å²) in [5.74, 6) is -0.408. The second-order valence-electron chi connectivity index (χ2n) is 7.26. The first-order chi connectivity index (χ1) is 13.9. The highest BCUT2D eigenvalue weighted by atomic mass is 35.5. The van der Waals surface area contributed by atoms with Crippen molar-refractivity contribution in [2.45, 2.75) is 26.4 Å². The molecule has 5 nitrogen and oxygen atoms in total. The monoisotopic (exact) mass is 406 g/mol. The number of aromatic nitrogens is 1. The number of nitrogens with zero attached hydrogens (tertiary/aromatic N) is 2. The second kappa shape index (κ2) is 7.68. The summed E-state index contributed by atoms with van der Waals surface area (Å²) in [5.41, 5.74) is 4.18. The zero-order valence-electron chi connectivity index (χ0n) is 16.2. The Morgan fingerprint density at radius 2 is 1.76 bits per heavy atom. The summed E-state index contributed by atoms with van der Waals surface area (Å²) in [5, 5.41) is 3.52. The molecular weight excluding hydrogens is 386 g/mol. The summed E-state index contributed by atoms with van der Waals surface area (Å²) < 4.78 is 1.83. The predicted octanol–water partition coefficient (Wildman–Crippen LogP) is 3.97. The van der Waals surface area contributed by atoms with Crippen molar-refractivity contribution in [1.82, 2.24) is 0 Å². The summed E-state index contributed by atoms with van der Waals surface area (Å²) in [4.78, 5) is 28.1. The molecule has 146 valence electrons. The van der Waals surface area contributed by atoms with Crippen LogP contribution in [0.25, 0.3) is 0 Å². The summed E-state index contributed by atoms with van der Waals surface area (Å²) in [6.07, 6.45) is 1.83. The second-order valence-corrected chi connectivity index (χ2v) is 7.70. The van der Waals surface area contributed by atoms with E-state index in [9.17, 15) is 9.59 Å². The van der Waals surface area contributed by atoms with Gasteiger partial charge < -0.3 is 5.32 Å². The Kier molecular flexibility index (Phi) is 5.07. The highest BCUT2D eigenvalue weighted by molar-refractivity contribution is 6.30. The molecule has 1 aliphatic rings. The Morgan fingerprint density at radius 3 is 2.45 bits per heavy atom. The lowest BCUT2D eigenvalue weighted by Crippen LogP contribution is -2.58. The molecule has 29 heavy (non-hydrogen) atoms. The molecule has 6 heteroatoms. The van der Waals surface area contributed by atoms with E-state index in [1.54, 1.807) is 29.2 Å². The maximum absolute atomic E-state index is 13.4. The van der Waals surface area contributed by atoms with Crippen molar-refractivity contribution in [2.75, 3.05) is 10.2 Å². The summed E-state index contributed by atoms with van der Waals surface area (Å²) in [6, 6.07) is 17.7. The quantitative estimate of drug-likeness (QED) is 0.669. The lowest BCUT2D eigenvalue weighted by atomic mass is 10.0. The maximum Gasteiger partial charge on any atom is 0.294 e. The molecule has 1 aliphatic heterocycles. The van der Waals surface area contributed by atoms with Gasteiger partial charge in [-0.1, -0.05) is 23.7 Å². The third-order valence-corrected chi connectivity index (χ3v) is 5.19. The van der Waals surface area contributed by atoms with Gasteiger partial charge in [-0.25, -0.2) is 0 Å². The van der Waals surface area contributed by atoms with Crippen molar-refractivity contribution in [1.29, 1.82) is 0 Å². The molecule has 0 aliphatic carbocycles. The minimum Gasteiger partial charge on any atom is -0.324 e. The fourth-order valence-electron chi connectivity index (χ4n) is 3.76. The van der Waals surface area contributed by atoms with Gasteiger partial charge in [0.25, 0.3) is 11.8 Å². The van der Waals surface area contributed by atoms with Crippen LogP contribution in [0.5, 0.6) is 0 Å². The number of hydrogen-bond acceptors (Lipinski definition) is 2. The van der Waals surface area contributed by atoms with Crippen LogP contribution in [0, 0.1) is 13.8 Å². The number of aryl methyl sites for hydroxylation is 2. The summed E-state index contributed by atoms with van der Waals surface area (Å²) in [6.45, 7) is 4.15. The molecule has 2 heterocycles. The first-order valence-corrected chi connectivity index (χ1v) is 9.75. The number of pyridine rings is 1. The first-order valence-electron chi connectivity index (χ1n) is 9.37. The average molecular weight is 407 g/mol. The van der Waals surface area contributed by atoms with Crippen molar-refractivity contribution in [3.05, 3.63) is 88.7 Å². The molecule has 0 saturated heterocycles. The van der Waals surface area contributed by atoms with E-state index >= 15 is 0 Å². The van der Waals surface area contributed by atoms with E-state index in [0.29, 0.717) is 10.7 Å². The Hall–Kier alpha value is -3.18. The molecule has 1 aromatic heterocycles. The van der Waals surface area contributed by atoms with Crippen molar-refractivity contribution >= 4 is 34.8 Å². The zero-order valence-corrected chi connectivity index (χ0v) is 17.0. The Balaban J connectivity index is 1.79. The van der Waals surface area contributed by atoms with Crippen LogP contribution < -0.4 is 14.8 Å². The highest BCUT2D eigenvalue weighted by Gasteiger charge is 2.43. The predicted molar refractivity (Wildman–Crippen MR) is 113 cm³/mol. The van der Waals surface area contributed by atoms with Crippen LogP contribution >= 0.6 is 11.6 Å². The van der Waals surface area contributed by atoms with E-state index in [0.717, 1.165) is 22.5 Å². The van der Waals surface area contributed by atoms with E-state index in [1.807, 2.05) is 61.0 Å². The number of amides is 2. The molecular formula is C23H21ClN3O2+. The van der Waals surface area contributed by atoms with Gasteiger partial charge in [0.1, 0.15) is 0 Å². The normalized spacial score (nSPS) is 15.8. The number of nitrogens with one attached hydrogen (secondary N) is 1. The van der Waals surface area contributed by atoms with E-state index in [1.165, 1.54) is 0 Å². The van der Waals surface area contributed by atoms with Gasteiger partial charge in [-0.15, -0.1) is 0 Å². The molecule has 1 atom stereocenters. The third-order valence-electron chi connectivity index (χ3n) is 4.93. The fourth-order valence-corrected chi connectivity index (χ4v) is 3.88. The van der Waals surface area contributed by atoms with Gasteiger partial charge in [-0.05, 0) is 61.4 Å². The summed E-state index contributed by atoms with van der Waals surface area (Å²) in [7, 11) is 0. The number of fused-ring (bicyclic) bond motifs is 1. The first kappa shape index (κ1) is 19.2. The number of carbonyl (C=O) groups is 2. The Bertz CT molecular complexity index is 1080. The molecule has 2 amide bonds. The maximum atomic E-state index is 13.4. The number of anilines is 2. The van der Waals surface area contributed by atoms with Gasteiger partial charge in [0, 0.05) is 28.5 Å². The minimum absolute atomic E-state index is 0.130. The average Bonchev–Trinajstić information content (AvgIpc) is 2.67. The lowest BCUT2D eigenvalue weighted by Gasteiger charge is -2.32. The van der Waals surface area contributed by atoms with E-state index < -0.39 is 6.04 Å². The van der Waals surface area contributed by atoms with Gasteiger partial charge in [0.2, 0.25) is 18.3 Å². The Labute approximate surface area is 174 Å². The van der Waals surface area contributed by atoms with Crippen molar-refractivity contribution in [3.8, 4) is 0 Å². The van der Waals surface area contributed by atoms with Crippen LogP contribution in [-0.2, 0) is 16.1 Å². The highest BCUT2D eigenvalue weighted by Crippen LogP contribution is 2.31. The SMILES string of the molecule is Cc1cc(C)cc(N2C(=O)C[n+]3ccccc3[C@H]2C(=O)Nc2ccc(Cl)cc2)c1. The van der Waals surface area contributed by atoms with Crippen LogP contribution in [0.4, 0.5) is 11.4 Å². The molecule has 0 fully saturated rings. The Morgan fingerprint density at radius 1 is 1.07 bits per heavy atom. The van der Waals surface area contributed by atoms with Crippen LogP contribution in [-0.4, -0.2) is 11.8 Å². The van der Waals surface area contributed by atoms with E-state index in [-0.39, 0.29) is 18.4 Å². The van der Waals surface area contributed by atoms with Crippen LogP contribution in [0.2, 0.25) is 5.02 Å². The van der Waals surface area contributed by atoms with E-state index in [2.05, 4.69) is 5.32 Å². The van der Waals surface area contributed by atoms with Crippen LogP contribution in [0.3, 0.4) is 0 Å². The number of carbonyl (C=O) groups excluding carboxylic acids is 2. The molecule has 0 unspecified atom stereocenters. The van der Waals surface area contributed by atoms with Gasteiger partial charge in [-0.3, -0.25) is 14.5 Å². The molecule has 0 radical (unpaired) electrons. The van der Waals surface area contributed by atoms with Gasteiger partial charge in [0.05, 0.1) is 0 Å². The molecule has 4 rings (SSSR count). The molecule has 3 aromatic rings. The molecule has 0 spiro atoms. The molecule has 0 bridgehead atoms. The van der Waals surface area contributed by atoms with Gasteiger partial charge in [-0.2, -0.15) is 4.57 Å². The van der Waals surface area contributed by atoms with Gasteiger partial charge >= 0.3 is 0 Å². The molecule has 2 aromatic carbocycles. The minimum atomic E-state index is -0.783. The van der Waals surface area contributed by atoms with Crippen LogP contribution in [0.1, 0.15) is 22.9 Å². The lowest BCUT2D eigenvalue weighted by molar-refractivity contribution is -0.695. The zero-order chi connectivity index (χ0) is 20.5. The van der Waals surface area contributed by atoms with Gasteiger partial charge in [0.15, 0.2) is 6.20 Å². The van der Waals surface area contributed by atoms with Crippen LogP contribution in [0.15, 0.2) is 66.9 Å². The van der Waals surface area contributed by atoms with Crippen molar-refractivity contribution in [2.24, 2.45) is 0 Å². The smallest absolute Gasteiger partial charge is 0.294 e. The number of rotatable bonds is 3. The number of benzene rings is 2. The summed E-state index contributed by atoms with van der Waals surface area (Å²) >= 11 is 5.95. The van der Waals surface area contributed by atoms with E-state index in [4.69, 9.17) is 11.6 Å². The number of halogens is 1.